The van der Waals surface area contributed by atoms with Crippen molar-refractivity contribution in [2.75, 3.05) is 5.32 Å². The van der Waals surface area contributed by atoms with E-state index in [2.05, 4.69) is 5.32 Å². The summed E-state index contributed by atoms with van der Waals surface area (Å²) < 4.78 is 4.73. The summed E-state index contributed by atoms with van der Waals surface area (Å²) in [7, 11) is 0. The van der Waals surface area contributed by atoms with Crippen molar-refractivity contribution >= 4 is 30.5 Å². The van der Waals surface area contributed by atoms with Crippen LogP contribution in [0.5, 0.6) is 5.75 Å². The Kier molecular flexibility index (Phi) is 6.23. The van der Waals surface area contributed by atoms with Gasteiger partial charge in [-0.3, -0.25) is 4.79 Å². The van der Waals surface area contributed by atoms with Gasteiger partial charge in [0.25, 0.3) is 6.47 Å². The quantitative estimate of drug-likeness (QED) is 0.803. The van der Waals surface area contributed by atoms with E-state index < -0.39 is 12.0 Å². The molecule has 0 aromatic heterocycles. The highest BCUT2D eigenvalue weighted by Gasteiger charge is 2.19. The third-order valence-electron chi connectivity index (χ3n) is 2.71. The fourth-order valence-electron chi connectivity index (χ4n) is 1.81. The van der Waals surface area contributed by atoms with E-state index >= 15 is 0 Å². The molecule has 2 aromatic carbocycles. The molecule has 6 heteroatoms. The lowest BCUT2D eigenvalue weighted by Gasteiger charge is -2.16. The number of nitrogens with one attached hydrogen (secondary N) is 1. The van der Waals surface area contributed by atoms with Crippen LogP contribution in [0.25, 0.3) is 0 Å². The summed E-state index contributed by atoms with van der Waals surface area (Å²) in [6.07, 6.45) is 0. The minimum Gasteiger partial charge on any atom is -0.479 e. The van der Waals surface area contributed by atoms with Crippen LogP contribution in [0.2, 0.25) is 0 Å². The topological polar surface area (TPSA) is 75.6 Å². The van der Waals surface area contributed by atoms with E-state index in [1.54, 1.807) is 48.5 Å². The third kappa shape index (κ3) is 4.50. The minimum absolute atomic E-state index is 0. The van der Waals surface area contributed by atoms with Gasteiger partial charge in [0, 0.05) is 11.8 Å². The molecule has 2 aromatic rings. The van der Waals surface area contributed by atoms with Gasteiger partial charge in [0.2, 0.25) is 0 Å². The predicted molar refractivity (Wildman–Crippen MR) is 80.8 cm³/mol. The van der Waals surface area contributed by atoms with Crippen molar-refractivity contribution in [1.82, 2.24) is 0 Å². The van der Waals surface area contributed by atoms with E-state index in [4.69, 9.17) is 4.74 Å². The van der Waals surface area contributed by atoms with Gasteiger partial charge in [-0.2, -0.15) is 0 Å². The van der Waals surface area contributed by atoms with E-state index in [9.17, 15) is 14.7 Å². The molecule has 110 valence electrons. The predicted octanol–water partition coefficient (Wildman–Crippen LogP) is 2.88. The van der Waals surface area contributed by atoms with Gasteiger partial charge in [-0.05, 0) is 17.7 Å². The number of carboxylic acid groups (broad SMARTS) is 1. The van der Waals surface area contributed by atoms with Crippen LogP contribution in [0, 0.1) is 0 Å². The highest BCUT2D eigenvalue weighted by atomic mass is 35.5. The van der Waals surface area contributed by atoms with E-state index in [0.717, 1.165) is 0 Å². The summed E-state index contributed by atoms with van der Waals surface area (Å²) in [5, 5.41) is 12.2. The van der Waals surface area contributed by atoms with Gasteiger partial charge in [0.05, 0.1) is 0 Å². The van der Waals surface area contributed by atoms with Gasteiger partial charge >= 0.3 is 5.97 Å². The average molecular weight is 308 g/mol. The first kappa shape index (κ1) is 16.5. The first-order valence-corrected chi connectivity index (χ1v) is 5.95. The highest BCUT2D eigenvalue weighted by molar-refractivity contribution is 5.85. The van der Waals surface area contributed by atoms with Crippen LogP contribution in [0.15, 0.2) is 54.6 Å². The van der Waals surface area contributed by atoms with Crippen LogP contribution in [-0.4, -0.2) is 17.5 Å². The molecular weight excluding hydrogens is 294 g/mol. The number of benzene rings is 2. The zero-order chi connectivity index (χ0) is 14.4. The zero-order valence-electron chi connectivity index (χ0n) is 10.9. The number of hydrogen-bond acceptors (Lipinski definition) is 4. The van der Waals surface area contributed by atoms with Crippen LogP contribution in [0.4, 0.5) is 5.69 Å². The summed E-state index contributed by atoms with van der Waals surface area (Å²) in [6, 6.07) is 14.5. The fourth-order valence-corrected chi connectivity index (χ4v) is 1.81. The summed E-state index contributed by atoms with van der Waals surface area (Å²) >= 11 is 0. The summed E-state index contributed by atoms with van der Waals surface area (Å²) in [4.78, 5) is 21.7. The minimum atomic E-state index is -0.988. The highest BCUT2D eigenvalue weighted by Crippen LogP contribution is 2.23. The smallest absolute Gasteiger partial charge is 0.330 e. The number of ether oxygens (including phenoxy) is 1. The largest absolute Gasteiger partial charge is 0.479 e. The second kappa shape index (κ2) is 7.91. The number of anilines is 1. The summed E-state index contributed by atoms with van der Waals surface area (Å²) in [5.41, 5.74) is 1.20. The Bertz CT molecular complexity index is 604. The number of hydrogen-bond donors (Lipinski definition) is 2. The maximum absolute atomic E-state index is 11.4. The molecule has 1 unspecified atom stereocenters. The molecule has 2 N–H and O–H groups in total. The molecule has 2 rings (SSSR count). The normalized spacial score (nSPS) is 10.9. The number of aliphatic carboxylic acids is 1. The van der Waals surface area contributed by atoms with Gasteiger partial charge in [0.1, 0.15) is 5.75 Å². The molecule has 0 saturated carbocycles. The van der Waals surface area contributed by atoms with E-state index in [1.807, 2.05) is 6.07 Å². The lowest BCUT2D eigenvalue weighted by atomic mass is 10.1. The monoisotopic (exact) mass is 307 g/mol. The number of carbonyl (C=O) groups is 2. The Balaban J connectivity index is 0.00000220. The Hall–Kier alpha value is -2.53. The average Bonchev–Trinajstić information content (AvgIpc) is 2.46. The molecule has 0 fully saturated rings. The lowest BCUT2D eigenvalue weighted by Crippen LogP contribution is -2.20. The van der Waals surface area contributed by atoms with E-state index in [-0.39, 0.29) is 12.4 Å². The molecule has 0 bridgehead atoms. The Morgan fingerprint density at radius 1 is 1.14 bits per heavy atom. The molecule has 0 aliphatic carbocycles. The first-order valence-electron chi connectivity index (χ1n) is 5.95. The molecule has 0 saturated heterocycles. The molecule has 1 atom stereocenters. The van der Waals surface area contributed by atoms with Gasteiger partial charge in [0.15, 0.2) is 6.04 Å². The van der Waals surface area contributed by atoms with Crippen molar-refractivity contribution in [2.24, 2.45) is 0 Å². The fraction of sp³-hybridized carbons (Fsp3) is 0.0667. The molecule has 0 radical (unpaired) electrons. The second-order valence-corrected chi connectivity index (χ2v) is 4.07. The second-order valence-electron chi connectivity index (χ2n) is 4.07. The third-order valence-corrected chi connectivity index (χ3v) is 2.71. The number of carboxylic acids is 1. The van der Waals surface area contributed by atoms with Gasteiger partial charge < -0.3 is 15.2 Å². The Labute approximate surface area is 128 Å². The molecule has 0 aliphatic rings. The molecule has 0 aliphatic heterocycles. The first-order chi connectivity index (χ1) is 9.70. The maximum atomic E-state index is 11.4. The lowest BCUT2D eigenvalue weighted by molar-refractivity contribution is -0.138. The molecule has 0 heterocycles. The summed E-state index contributed by atoms with van der Waals surface area (Å²) in [5.74, 6) is -0.639. The molecule has 21 heavy (non-hydrogen) atoms. The van der Waals surface area contributed by atoms with Crippen molar-refractivity contribution in [3.05, 3.63) is 60.2 Å². The van der Waals surface area contributed by atoms with Gasteiger partial charge in [-0.15, -0.1) is 12.4 Å². The molecule has 5 nitrogen and oxygen atoms in total. The molecular formula is C15H14ClNO4. The van der Waals surface area contributed by atoms with E-state index in [0.29, 0.717) is 23.5 Å². The molecule has 0 spiro atoms. The van der Waals surface area contributed by atoms with Crippen molar-refractivity contribution in [3.63, 3.8) is 0 Å². The van der Waals surface area contributed by atoms with E-state index in [1.165, 1.54) is 0 Å². The maximum Gasteiger partial charge on any atom is 0.330 e. The van der Waals surface area contributed by atoms with Crippen molar-refractivity contribution in [3.8, 4) is 5.75 Å². The Morgan fingerprint density at radius 2 is 1.86 bits per heavy atom. The standard InChI is InChI=1S/C15H13NO4.ClH/c17-10-20-13-8-4-7-12(9-13)16-14(15(18)19)11-5-2-1-3-6-11;/h1-10,14,16H,(H,18,19);1H. The van der Waals surface area contributed by atoms with Crippen LogP contribution in [0.1, 0.15) is 11.6 Å². The van der Waals surface area contributed by atoms with Gasteiger partial charge in [-0.25, -0.2) is 4.79 Å². The van der Waals surface area contributed by atoms with Gasteiger partial charge in [-0.1, -0.05) is 36.4 Å². The summed E-state index contributed by atoms with van der Waals surface area (Å²) in [6.45, 7) is 0.324. The van der Waals surface area contributed by atoms with Crippen LogP contribution in [0.3, 0.4) is 0 Å². The van der Waals surface area contributed by atoms with Crippen molar-refractivity contribution < 1.29 is 19.4 Å². The van der Waals surface area contributed by atoms with Crippen molar-refractivity contribution in [2.45, 2.75) is 6.04 Å². The van der Waals surface area contributed by atoms with Crippen LogP contribution in [-0.2, 0) is 9.59 Å². The number of halogens is 1. The SMILES string of the molecule is Cl.O=COc1cccc(NC(C(=O)O)c2ccccc2)c1. The van der Waals surface area contributed by atoms with Crippen molar-refractivity contribution in [1.29, 1.82) is 0 Å². The Morgan fingerprint density at radius 3 is 2.48 bits per heavy atom. The number of carbonyl (C=O) groups excluding carboxylic acids is 1. The zero-order valence-corrected chi connectivity index (χ0v) is 11.7. The number of rotatable bonds is 6. The molecule has 0 amide bonds. The van der Waals surface area contributed by atoms with Crippen LogP contribution < -0.4 is 10.1 Å². The van der Waals surface area contributed by atoms with Crippen LogP contribution >= 0.6 is 12.4 Å².